The molecule has 2 heterocycles. The zero-order valence-corrected chi connectivity index (χ0v) is 16.4. The van der Waals surface area contributed by atoms with Crippen molar-refractivity contribution in [1.29, 1.82) is 0 Å². The number of ketones is 1. The number of nitrogens with one attached hydrogen (secondary N) is 1. The molecular weight excluding hydrogens is 380 g/mol. The Bertz CT molecular complexity index is 888. The molecule has 0 aliphatic carbocycles. The van der Waals surface area contributed by atoms with Crippen molar-refractivity contribution in [1.82, 2.24) is 4.90 Å². The second kappa shape index (κ2) is 9.57. The zero-order valence-electron chi connectivity index (χ0n) is 15.6. The van der Waals surface area contributed by atoms with Gasteiger partial charge in [-0.1, -0.05) is 0 Å². The molecule has 1 aromatic carbocycles. The highest BCUT2D eigenvalue weighted by Gasteiger charge is 2.14. The van der Waals surface area contributed by atoms with Gasteiger partial charge >= 0.3 is 0 Å². The van der Waals surface area contributed by atoms with Crippen LogP contribution >= 0.6 is 11.8 Å². The van der Waals surface area contributed by atoms with E-state index in [0.29, 0.717) is 23.6 Å². The van der Waals surface area contributed by atoms with Crippen LogP contribution in [0.25, 0.3) is 0 Å². The lowest BCUT2D eigenvalue weighted by molar-refractivity contribution is -0.114. The van der Waals surface area contributed by atoms with Crippen LogP contribution in [0.5, 0.6) is 5.75 Å². The Morgan fingerprint density at radius 2 is 1.93 bits per heavy atom. The number of Topliss-reactive ketones (excluding diaryl/α,β-unsaturated/α-hetero) is 1. The number of anilines is 1. The lowest BCUT2D eigenvalue weighted by Gasteiger charge is -2.25. The average Bonchev–Trinajstić information content (AvgIpc) is 2.68. The number of carbonyl (C=O) groups is 2. The van der Waals surface area contributed by atoms with E-state index in [1.165, 1.54) is 19.3 Å². The van der Waals surface area contributed by atoms with E-state index in [2.05, 4.69) is 10.2 Å². The number of benzene rings is 1. The van der Waals surface area contributed by atoms with Gasteiger partial charge in [0.25, 0.3) is 0 Å². The molecule has 1 aromatic heterocycles. The average molecular weight is 402 g/mol. The Labute approximate surface area is 167 Å². The van der Waals surface area contributed by atoms with Gasteiger partial charge in [0.2, 0.25) is 17.1 Å². The van der Waals surface area contributed by atoms with Gasteiger partial charge in [0.15, 0.2) is 12.4 Å². The van der Waals surface area contributed by atoms with E-state index in [1.807, 2.05) is 11.8 Å². The van der Waals surface area contributed by atoms with E-state index in [0.717, 1.165) is 24.6 Å². The van der Waals surface area contributed by atoms with Gasteiger partial charge in [0.1, 0.15) is 12.0 Å². The maximum Gasteiger partial charge on any atom is 0.227 e. The summed E-state index contributed by atoms with van der Waals surface area (Å²) < 4.78 is 10.9. The van der Waals surface area contributed by atoms with Crippen molar-refractivity contribution < 1.29 is 18.7 Å². The lowest BCUT2D eigenvalue weighted by atomic mass is 10.1. The topological polar surface area (TPSA) is 88.8 Å². The SMILES string of the molecule is CC(=O)Nc1ccc(C(=O)COc2coc(CN3CCSCC3)cc2=O)cc1. The highest BCUT2D eigenvalue weighted by molar-refractivity contribution is 7.99. The van der Waals surface area contributed by atoms with Gasteiger partial charge in [-0.25, -0.2) is 0 Å². The first-order chi connectivity index (χ1) is 13.5. The third-order valence-electron chi connectivity index (χ3n) is 4.22. The molecule has 0 radical (unpaired) electrons. The van der Waals surface area contributed by atoms with Gasteiger partial charge in [-0.3, -0.25) is 19.3 Å². The van der Waals surface area contributed by atoms with Crippen LogP contribution in [-0.2, 0) is 11.3 Å². The number of rotatable bonds is 7. The molecule has 0 spiro atoms. The van der Waals surface area contributed by atoms with Crippen LogP contribution in [0.15, 0.2) is 45.8 Å². The fourth-order valence-electron chi connectivity index (χ4n) is 2.78. The van der Waals surface area contributed by atoms with E-state index in [9.17, 15) is 14.4 Å². The predicted molar refractivity (Wildman–Crippen MR) is 108 cm³/mol. The fraction of sp³-hybridized carbons (Fsp3) is 0.350. The molecule has 1 amide bonds. The summed E-state index contributed by atoms with van der Waals surface area (Å²) in [6, 6.07) is 7.89. The summed E-state index contributed by atoms with van der Waals surface area (Å²) >= 11 is 1.92. The molecule has 1 saturated heterocycles. The second-order valence-corrected chi connectivity index (χ2v) is 7.66. The molecule has 0 atom stereocenters. The number of carbonyl (C=O) groups excluding carboxylic acids is 2. The smallest absolute Gasteiger partial charge is 0.227 e. The second-order valence-electron chi connectivity index (χ2n) is 6.43. The van der Waals surface area contributed by atoms with E-state index < -0.39 is 0 Å². The molecule has 0 saturated carbocycles. The van der Waals surface area contributed by atoms with Crippen molar-refractivity contribution in [3.8, 4) is 5.75 Å². The van der Waals surface area contributed by atoms with Crippen LogP contribution in [0.2, 0.25) is 0 Å². The molecule has 1 N–H and O–H groups in total. The first kappa shape index (κ1) is 20.2. The van der Waals surface area contributed by atoms with E-state index in [1.54, 1.807) is 24.3 Å². The van der Waals surface area contributed by atoms with E-state index >= 15 is 0 Å². The summed E-state index contributed by atoms with van der Waals surface area (Å²) in [7, 11) is 0. The zero-order chi connectivity index (χ0) is 19.9. The molecule has 8 heteroatoms. The maximum absolute atomic E-state index is 12.2. The largest absolute Gasteiger partial charge is 0.478 e. The number of thioether (sulfide) groups is 1. The van der Waals surface area contributed by atoms with Crippen LogP contribution in [0, 0.1) is 0 Å². The summed E-state index contributed by atoms with van der Waals surface area (Å²) in [4.78, 5) is 37.7. The molecule has 1 aliphatic heterocycles. The van der Waals surface area contributed by atoms with Crippen molar-refractivity contribution in [2.45, 2.75) is 13.5 Å². The lowest BCUT2D eigenvalue weighted by Crippen LogP contribution is -2.32. The minimum atomic E-state index is -0.304. The van der Waals surface area contributed by atoms with Gasteiger partial charge in [0.05, 0.1) is 6.54 Å². The highest BCUT2D eigenvalue weighted by atomic mass is 32.2. The molecule has 2 aromatic rings. The predicted octanol–water partition coefficient (Wildman–Crippen LogP) is 2.41. The molecular formula is C20H22N2O5S. The standard InChI is InChI=1S/C20H22N2O5S/c1-14(23)21-16-4-2-15(3-5-16)19(25)12-27-20-13-26-17(10-18(20)24)11-22-6-8-28-9-7-22/h2-5,10,13H,6-9,11-12H2,1H3,(H,21,23). The number of ether oxygens (including phenoxy) is 1. The monoisotopic (exact) mass is 402 g/mol. The summed E-state index contributed by atoms with van der Waals surface area (Å²) in [5.74, 6) is 2.31. The van der Waals surface area contributed by atoms with E-state index in [4.69, 9.17) is 9.15 Å². The fourth-order valence-corrected chi connectivity index (χ4v) is 3.75. The van der Waals surface area contributed by atoms with Crippen LogP contribution in [0.1, 0.15) is 23.0 Å². The number of amides is 1. The number of nitrogens with zero attached hydrogens (tertiary/aromatic N) is 1. The van der Waals surface area contributed by atoms with Gasteiger partial charge in [-0.05, 0) is 24.3 Å². The Morgan fingerprint density at radius 1 is 1.21 bits per heavy atom. The molecule has 0 unspecified atom stereocenters. The molecule has 0 bridgehead atoms. The third-order valence-corrected chi connectivity index (χ3v) is 5.16. The van der Waals surface area contributed by atoms with Crippen molar-refractivity contribution in [3.05, 3.63) is 58.1 Å². The molecule has 28 heavy (non-hydrogen) atoms. The van der Waals surface area contributed by atoms with Crippen LogP contribution in [0.4, 0.5) is 5.69 Å². The maximum atomic E-state index is 12.2. The van der Waals surface area contributed by atoms with Crippen LogP contribution in [-0.4, -0.2) is 47.8 Å². The van der Waals surface area contributed by atoms with Crippen molar-refractivity contribution in [2.75, 3.05) is 36.5 Å². The minimum absolute atomic E-state index is 0.0150. The number of hydrogen-bond acceptors (Lipinski definition) is 7. The quantitative estimate of drug-likeness (QED) is 0.712. The molecule has 7 nitrogen and oxygen atoms in total. The highest BCUT2D eigenvalue weighted by Crippen LogP contribution is 2.14. The van der Waals surface area contributed by atoms with Crippen LogP contribution < -0.4 is 15.5 Å². The van der Waals surface area contributed by atoms with Gasteiger partial charge < -0.3 is 14.5 Å². The minimum Gasteiger partial charge on any atom is -0.478 e. The third kappa shape index (κ3) is 5.71. The first-order valence-electron chi connectivity index (χ1n) is 8.97. The summed E-state index contributed by atoms with van der Waals surface area (Å²) in [6.07, 6.45) is 1.27. The first-order valence-corrected chi connectivity index (χ1v) is 10.1. The Morgan fingerprint density at radius 3 is 2.57 bits per heavy atom. The summed E-state index contributed by atoms with van der Waals surface area (Å²) in [5.41, 5.74) is 0.730. The molecule has 3 rings (SSSR count). The van der Waals surface area contributed by atoms with Crippen molar-refractivity contribution in [2.24, 2.45) is 0 Å². The Hall–Kier alpha value is -2.58. The Kier molecular flexibility index (Phi) is 6.89. The molecule has 1 fully saturated rings. The van der Waals surface area contributed by atoms with Gasteiger partial charge in [0, 0.05) is 48.8 Å². The van der Waals surface area contributed by atoms with E-state index in [-0.39, 0.29) is 29.5 Å². The molecule has 148 valence electrons. The summed E-state index contributed by atoms with van der Waals surface area (Å²) in [5, 5.41) is 2.63. The van der Waals surface area contributed by atoms with Gasteiger partial charge in [-0.15, -0.1) is 0 Å². The van der Waals surface area contributed by atoms with Crippen molar-refractivity contribution in [3.63, 3.8) is 0 Å². The Balaban J connectivity index is 1.55. The van der Waals surface area contributed by atoms with Gasteiger partial charge in [-0.2, -0.15) is 11.8 Å². The molecule has 1 aliphatic rings. The van der Waals surface area contributed by atoms with Crippen molar-refractivity contribution >= 4 is 29.1 Å². The van der Waals surface area contributed by atoms with Crippen LogP contribution in [0.3, 0.4) is 0 Å². The summed E-state index contributed by atoms with van der Waals surface area (Å²) in [6.45, 7) is 3.68. The number of hydrogen-bond donors (Lipinski definition) is 1. The normalized spacial score (nSPS) is 14.5.